The Labute approximate surface area is 136 Å². The predicted octanol–water partition coefficient (Wildman–Crippen LogP) is 4.99. The molecule has 3 nitrogen and oxygen atoms in total. The molecule has 0 unspecified atom stereocenters. The van der Waals surface area contributed by atoms with Crippen LogP contribution in [-0.4, -0.2) is 23.3 Å². The fourth-order valence-corrected chi connectivity index (χ4v) is 2.64. The number of ketones is 2. The summed E-state index contributed by atoms with van der Waals surface area (Å²) in [5.41, 5.74) is 0. The van der Waals surface area contributed by atoms with E-state index in [0.29, 0.717) is 19.3 Å². The van der Waals surface area contributed by atoms with Gasteiger partial charge in [0.05, 0.1) is 0 Å². The Bertz CT molecular complexity index is 274. The maximum absolute atomic E-state index is 11.6. The molecule has 0 aromatic carbocycles. The summed E-state index contributed by atoms with van der Waals surface area (Å²) in [5.74, 6) is 0.192. The van der Waals surface area contributed by atoms with Crippen molar-refractivity contribution in [2.24, 2.45) is 0 Å². The lowest BCUT2D eigenvalue weighted by Gasteiger charge is -2.03. The molecular weight excluding hydrogens is 276 g/mol. The lowest BCUT2D eigenvalue weighted by Crippen LogP contribution is -2.05. The van der Waals surface area contributed by atoms with Crippen LogP contribution in [-0.2, 0) is 9.59 Å². The van der Waals surface area contributed by atoms with Gasteiger partial charge in [0.2, 0.25) is 0 Å². The van der Waals surface area contributed by atoms with Crippen LogP contribution in [0, 0.1) is 0 Å². The minimum atomic E-state index is -0.106. The first-order chi connectivity index (χ1) is 10.7. The highest BCUT2D eigenvalue weighted by Crippen LogP contribution is 2.12. The molecule has 0 saturated heterocycles. The Hall–Kier alpha value is -0.700. The summed E-state index contributed by atoms with van der Waals surface area (Å²) in [5, 5.41) is 8.61. The molecule has 0 radical (unpaired) electrons. The highest BCUT2D eigenvalue weighted by Gasteiger charge is 2.06. The first kappa shape index (κ1) is 21.3. The van der Waals surface area contributed by atoms with Crippen LogP contribution in [0.15, 0.2) is 0 Å². The van der Waals surface area contributed by atoms with E-state index in [2.05, 4.69) is 6.92 Å². The van der Waals surface area contributed by atoms with E-state index >= 15 is 0 Å². The van der Waals surface area contributed by atoms with Crippen LogP contribution in [0.1, 0.15) is 103 Å². The van der Waals surface area contributed by atoms with Crippen LogP contribution in [0.3, 0.4) is 0 Å². The summed E-state index contributed by atoms with van der Waals surface area (Å²) in [6.07, 6.45) is 15.6. The smallest absolute Gasteiger partial charge is 0.135 e. The number of aliphatic hydroxyl groups excluding tert-OH is 1. The van der Waals surface area contributed by atoms with Gasteiger partial charge in [-0.1, -0.05) is 71.1 Å². The van der Waals surface area contributed by atoms with Gasteiger partial charge in [0.1, 0.15) is 11.6 Å². The molecule has 0 aliphatic heterocycles. The van der Waals surface area contributed by atoms with E-state index in [-0.39, 0.29) is 24.6 Å². The zero-order valence-electron chi connectivity index (χ0n) is 14.6. The Morgan fingerprint density at radius 2 is 1.00 bits per heavy atom. The van der Waals surface area contributed by atoms with Gasteiger partial charge in [0.15, 0.2) is 0 Å². The number of unbranched alkanes of at least 4 members (excludes halogenated alkanes) is 10. The van der Waals surface area contributed by atoms with E-state index in [1.807, 2.05) is 0 Å². The first-order valence-electron chi connectivity index (χ1n) is 9.35. The van der Waals surface area contributed by atoms with Gasteiger partial charge in [-0.25, -0.2) is 0 Å². The van der Waals surface area contributed by atoms with Crippen LogP contribution in [0.4, 0.5) is 0 Å². The molecule has 0 amide bonds. The topological polar surface area (TPSA) is 54.4 Å². The number of hydrogen-bond acceptors (Lipinski definition) is 3. The third-order valence-corrected chi connectivity index (χ3v) is 4.13. The van der Waals surface area contributed by atoms with E-state index in [4.69, 9.17) is 5.11 Å². The molecule has 0 aromatic rings. The van der Waals surface area contributed by atoms with E-state index in [1.54, 1.807) is 0 Å². The Morgan fingerprint density at radius 1 is 0.591 bits per heavy atom. The Kier molecular flexibility index (Phi) is 16.1. The van der Waals surface area contributed by atoms with Gasteiger partial charge in [-0.05, 0) is 6.42 Å². The number of hydrogen-bond donors (Lipinski definition) is 1. The summed E-state index contributed by atoms with van der Waals surface area (Å²) in [7, 11) is 0. The van der Waals surface area contributed by atoms with Crippen molar-refractivity contribution < 1.29 is 14.7 Å². The quantitative estimate of drug-likeness (QED) is 0.385. The minimum Gasteiger partial charge on any atom is -0.396 e. The van der Waals surface area contributed by atoms with Crippen molar-refractivity contribution in [3.05, 3.63) is 0 Å². The van der Waals surface area contributed by atoms with Crippen molar-refractivity contribution in [2.75, 3.05) is 6.61 Å². The van der Waals surface area contributed by atoms with Crippen LogP contribution >= 0.6 is 0 Å². The van der Waals surface area contributed by atoms with Crippen molar-refractivity contribution >= 4 is 11.6 Å². The summed E-state index contributed by atoms with van der Waals surface area (Å²) in [4.78, 5) is 22.8. The molecule has 3 heteroatoms. The fraction of sp³-hybridized carbons (Fsp3) is 0.895. The maximum Gasteiger partial charge on any atom is 0.135 e. The van der Waals surface area contributed by atoms with E-state index in [1.165, 1.54) is 57.8 Å². The Morgan fingerprint density at radius 3 is 1.45 bits per heavy atom. The van der Waals surface area contributed by atoms with Gasteiger partial charge in [0, 0.05) is 32.3 Å². The lowest BCUT2D eigenvalue weighted by atomic mass is 10.0. The van der Waals surface area contributed by atoms with Crippen LogP contribution in [0.25, 0.3) is 0 Å². The van der Waals surface area contributed by atoms with Gasteiger partial charge < -0.3 is 5.11 Å². The third kappa shape index (κ3) is 15.7. The molecule has 0 aliphatic rings. The summed E-state index contributed by atoms with van der Waals surface area (Å²) in [6.45, 7) is 2.14. The molecular formula is C19H36O3. The molecule has 0 bridgehead atoms. The molecule has 0 saturated carbocycles. The normalized spacial score (nSPS) is 10.8. The largest absolute Gasteiger partial charge is 0.396 e. The predicted molar refractivity (Wildman–Crippen MR) is 92.0 cm³/mol. The van der Waals surface area contributed by atoms with Crippen molar-refractivity contribution in [2.45, 2.75) is 103 Å². The highest BCUT2D eigenvalue weighted by atomic mass is 16.3. The second-order valence-corrected chi connectivity index (χ2v) is 6.34. The monoisotopic (exact) mass is 312 g/mol. The van der Waals surface area contributed by atoms with E-state index in [0.717, 1.165) is 12.8 Å². The minimum absolute atomic E-state index is 0.00483. The number of carbonyl (C=O) groups excluding carboxylic acids is 2. The number of aliphatic hydroxyl groups is 1. The maximum atomic E-state index is 11.6. The standard InChI is InChI=1S/C19H36O3/c1-2-3-4-5-6-7-8-9-10-11-12-13-18(21)14-15-19(22)16-17-20/h20H,2-17H2,1H3. The van der Waals surface area contributed by atoms with Gasteiger partial charge >= 0.3 is 0 Å². The molecule has 0 heterocycles. The van der Waals surface area contributed by atoms with Crippen molar-refractivity contribution in [3.63, 3.8) is 0 Å². The molecule has 0 atom stereocenters. The zero-order valence-corrected chi connectivity index (χ0v) is 14.6. The third-order valence-electron chi connectivity index (χ3n) is 4.13. The molecule has 1 N–H and O–H groups in total. The van der Waals surface area contributed by atoms with Crippen molar-refractivity contribution in [1.29, 1.82) is 0 Å². The van der Waals surface area contributed by atoms with Crippen molar-refractivity contribution in [3.8, 4) is 0 Å². The van der Waals surface area contributed by atoms with Gasteiger partial charge in [-0.15, -0.1) is 0 Å². The van der Waals surface area contributed by atoms with E-state index in [9.17, 15) is 9.59 Å². The number of Topliss-reactive ketones (excluding diaryl/α,β-unsaturated/α-hetero) is 2. The molecule has 0 aliphatic carbocycles. The van der Waals surface area contributed by atoms with Crippen LogP contribution < -0.4 is 0 Å². The summed E-state index contributed by atoms with van der Waals surface area (Å²) in [6, 6.07) is 0. The van der Waals surface area contributed by atoms with Gasteiger partial charge in [-0.3, -0.25) is 9.59 Å². The first-order valence-corrected chi connectivity index (χ1v) is 9.35. The summed E-state index contributed by atoms with van der Waals surface area (Å²) < 4.78 is 0. The van der Waals surface area contributed by atoms with Crippen LogP contribution in [0.5, 0.6) is 0 Å². The SMILES string of the molecule is CCCCCCCCCCCCCC(=O)CCC(=O)CCO. The average Bonchev–Trinajstić information content (AvgIpc) is 2.51. The Balaban J connectivity index is 3.22. The summed E-state index contributed by atoms with van der Waals surface area (Å²) >= 11 is 0. The second-order valence-electron chi connectivity index (χ2n) is 6.34. The highest BCUT2D eigenvalue weighted by molar-refractivity contribution is 5.85. The van der Waals surface area contributed by atoms with Crippen molar-refractivity contribution in [1.82, 2.24) is 0 Å². The van der Waals surface area contributed by atoms with Gasteiger partial charge in [0.25, 0.3) is 0 Å². The molecule has 0 fully saturated rings. The molecule has 0 spiro atoms. The molecule has 130 valence electrons. The second kappa shape index (κ2) is 16.7. The molecule has 0 aromatic heterocycles. The lowest BCUT2D eigenvalue weighted by molar-refractivity contribution is -0.124. The number of carbonyl (C=O) groups is 2. The fourth-order valence-electron chi connectivity index (χ4n) is 2.64. The van der Waals surface area contributed by atoms with E-state index < -0.39 is 0 Å². The molecule has 0 rings (SSSR count). The average molecular weight is 312 g/mol. The van der Waals surface area contributed by atoms with Crippen LogP contribution in [0.2, 0.25) is 0 Å². The number of rotatable bonds is 17. The molecule has 22 heavy (non-hydrogen) atoms. The zero-order chi connectivity index (χ0) is 16.5. The van der Waals surface area contributed by atoms with Gasteiger partial charge in [-0.2, -0.15) is 0 Å².